The van der Waals surface area contributed by atoms with Crippen LogP contribution in [0.2, 0.25) is 0 Å². The van der Waals surface area contributed by atoms with E-state index in [1.54, 1.807) is 23.2 Å². The molecule has 1 N–H and O–H groups in total. The van der Waals surface area contributed by atoms with Crippen LogP contribution in [0, 0.1) is 12.7 Å². The molecule has 0 radical (unpaired) electrons. The van der Waals surface area contributed by atoms with Gasteiger partial charge in [0.05, 0.1) is 24.5 Å². The first-order valence-electron chi connectivity index (χ1n) is 7.29. The Morgan fingerprint density at radius 1 is 1.45 bits per heavy atom. The minimum atomic E-state index is -0.249. The number of hydrogen-bond donors (Lipinski definition) is 1. The molecule has 116 valence electrons. The first-order chi connectivity index (χ1) is 10.6. The van der Waals surface area contributed by atoms with Crippen LogP contribution in [0.15, 0.2) is 30.5 Å². The maximum atomic E-state index is 12.9. The van der Waals surface area contributed by atoms with Gasteiger partial charge in [0.1, 0.15) is 5.82 Å². The summed E-state index contributed by atoms with van der Waals surface area (Å²) in [4.78, 5) is 14.3. The van der Waals surface area contributed by atoms with E-state index in [1.165, 1.54) is 12.1 Å². The second-order valence-corrected chi connectivity index (χ2v) is 5.48. The lowest BCUT2D eigenvalue weighted by Gasteiger charge is -2.33. The van der Waals surface area contributed by atoms with Crippen molar-refractivity contribution >= 4 is 5.91 Å². The summed E-state index contributed by atoms with van der Waals surface area (Å²) < 4.78 is 18.7. The average Bonchev–Trinajstić information content (AvgIpc) is 2.95. The lowest BCUT2D eigenvalue weighted by atomic mass is 10.1. The Labute approximate surface area is 128 Å². The van der Waals surface area contributed by atoms with Crippen molar-refractivity contribution < 1.29 is 13.9 Å². The molecule has 1 aromatic carbocycles. The fraction of sp³-hybridized carbons (Fsp3) is 0.375. The number of aryl methyl sites for hydroxylation is 1. The predicted molar refractivity (Wildman–Crippen MR) is 79.1 cm³/mol. The molecule has 3 rings (SSSR count). The largest absolute Gasteiger partial charge is 0.374 e. The Hall–Kier alpha value is -2.21. The first-order valence-corrected chi connectivity index (χ1v) is 7.29. The van der Waals surface area contributed by atoms with Crippen LogP contribution in [0.1, 0.15) is 21.6 Å². The molecule has 22 heavy (non-hydrogen) atoms. The Morgan fingerprint density at radius 2 is 2.23 bits per heavy atom. The van der Waals surface area contributed by atoms with Gasteiger partial charge in [0.15, 0.2) is 0 Å². The van der Waals surface area contributed by atoms with Crippen molar-refractivity contribution in [2.24, 2.45) is 0 Å². The fourth-order valence-corrected chi connectivity index (χ4v) is 2.65. The smallest absolute Gasteiger partial charge is 0.257 e. The fourth-order valence-electron chi connectivity index (χ4n) is 2.65. The van der Waals surface area contributed by atoms with Gasteiger partial charge in [-0.3, -0.25) is 9.89 Å². The minimum Gasteiger partial charge on any atom is -0.374 e. The summed E-state index contributed by atoms with van der Waals surface area (Å²) in [5, 5.41) is 6.67. The molecule has 1 fully saturated rings. The highest BCUT2D eigenvalue weighted by molar-refractivity contribution is 5.95. The predicted octanol–water partition coefficient (Wildman–Crippen LogP) is 1.94. The number of amides is 1. The molecule has 0 bridgehead atoms. The monoisotopic (exact) mass is 303 g/mol. The molecule has 0 spiro atoms. The third-order valence-corrected chi connectivity index (χ3v) is 3.86. The molecule has 0 aliphatic carbocycles. The summed E-state index contributed by atoms with van der Waals surface area (Å²) in [6, 6.07) is 6.38. The third-order valence-electron chi connectivity index (χ3n) is 3.86. The van der Waals surface area contributed by atoms with E-state index in [1.807, 2.05) is 6.92 Å². The van der Waals surface area contributed by atoms with Crippen LogP contribution in [-0.4, -0.2) is 46.8 Å². The van der Waals surface area contributed by atoms with Crippen LogP contribution in [0.5, 0.6) is 0 Å². The van der Waals surface area contributed by atoms with E-state index in [0.29, 0.717) is 31.7 Å². The van der Waals surface area contributed by atoms with Gasteiger partial charge < -0.3 is 9.64 Å². The van der Waals surface area contributed by atoms with Crippen molar-refractivity contribution in [2.45, 2.75) is 19.4 Å². The summed E-state index contributed by atoms with van der Waals surface area (Å²) in [6.07, 6.45) is 2.15. The molecular formula is C16H18FN3O2. The second-order valence-electron chi connectivity index (χ2n) is 5.48. The molecule has 1 saturated heterocycles. The van der Waals surface area contributed by atoms with E-state index in [0.717, 1.165) is 11.3 Å². The maximum absolute atomic E-state index is 12.9. The lowest BCUT2D eigenvalue weighted by Crippen LogP contribution is -2.46. The third kappa shape index (κ3) is 3.17. The highest BCUT2D eigenvalue weighted by Gasteiger charge is 2.26. The number of carbonyl (C=O) groups excluding carboxylic acids is 1. The Kier molecular flexibility index (Phi) is 4.20. The van der Waals surface area contributed by atoms with E-state index in [4.69, 9.17) is 4.74 Å². The van der Waals surface area contributed by atoms with Gasteiger partial charge in [-0.1, -0.05) is 12.1 Å². The van der Waals surface area contributed by atoms with Gasteiger partial charge in [0, 0.05) is 25.2 Å². The topological polar surface area (TPSA) is 58.2 Å². The number of rotatable bonds is 3. The molecule has 2 heterocycles. The van der Waals surface area contributed by atoms with Crippen LogP contribution in [0.3, 0.4) is 0 Å². The Balaban J connectivity index is 1.65. The van der Waals surface area contributed by atoms with Crippen LogP contribution in [0.25, 0.3) is 0 Å². The van der Waals surface area contributed by atoms with Gasteiger partial charge in [0.2, 0.25) is 0 Å². The number of nitrogens with zero attached hydrogens (tertiary/aromatic N) is 2. The molecular weight excluding hydrogens is 285 g/mol. The van der Waals surface area contributed by atoms with Crippen molar-refractivity contribution in [1.29, 1.82) is 0 Å². The summed E-state index contributed by atoms with van der Waals surface area (Å²) in [7, 11) is 0. The van der Waals surface area contributed by atoms with Crippen molar-refractivity contribution in [2.75, 3.05) is 19.7 Å². The van der Waals surface area contributed by atoms with Crippen LogP contribution < -0.4 is 0 Å². The molecule has 2 aromatic rings. The zero-order valence-electron chi connectivity index (χ0n) is 12.4. The number of ether oxygens (including phenoxy) is 1. The lowest BCUT2D eigenvalue weighted by molar-refractivity contribution is -0.0208. The maximum Gasteiger partial charge on any atom is 0.257 e. The van der Waals surface area contributed by atoms with Crippen LogP contribution >= 0.6 is 0 Å². The molecule has 0 saturated carbocycles. The summed E-state index contributed by atoms with van der Waals surface area (Å²) in [5.41, 5.74) is 2.37. The molecule has 1 amide bonds. The number of aromatic amines is 1. The number of hydrogen-bond acceptors (Lipinski definition) is 3. The normalized spacial score (nSPS) is 18.5. The number of morpholine rings is 1. The zero-order chi connectivity index (χ0) is 15.5. The van der Waals surface area contributed by atoms with E-state index in [2.05, 4.69) is 10.2 Å². The zero-order valence-corrected chi connectivity index (χ0v) is 12.4. The van der Waals surface area contributed by atoms with Crippen molar-refractivity contribution in [3.05, 3.63) is 53.1 Å². The number of carbonyl (C=O) groups is 1. The molecule has 1 aliphatic heterocycles. The van der Waals surface area contributed by atoms with Crippen molar-refractivity contribution in [3.63, 3.8) is 0 Å². The van der Waals surface area contributed by atoms with E-state index < -0.39 is 0 Å². The van der Waals surface area contributed by atoms with Gasteiger partial charge in [-0.05, 0) is 24.6 Å². The average molecular weight is 303 g/mol. The molecule has 1 atom stereocenters. The molecule has 1 aromatic heterocycles. The first kappa shape index (κ1) is 14.7. The molecule has 6 heteroatoms. The van der Waals surface area contributed by atoms with Crippen LogP contribution in [-0.2, 0) is 11.2 Å². The van der Waals surface area contributed by atoms with Gasteiger partial charge in [-0.25, -0.2) is 4.39 Å². The molecule has 5 nitrogen and oxygen atoms in total. The Bertz CT molecular complexity index is 654. The van der Waals surface area contributed by atoms with E-state index in [-0.39, 0.29) is 17.8 Å². The van der Waals surface area contributed by atoms with Crippen molar-refractivity contribution in [1.82, 2.24) is 15.1 Å². The SMILES string of the molecule is Cc1[nH]ncc1C(=O)N1CCOC(Cc2ccc(F)cc2)C1. The van der Waals surface area contributed by atoms with Crippen LogP contribution in [0.4, 0.5) is 4.39 Å². The van der Waals surface area contributed by atoms with E-state index >= 15 is 0 Å². The summed E-state index contributed by atoms with van der Waals surface area (Å²) >= 11 is 0. The van der Waals surface area contributed by atoms with Gasteiger partial charge in [-0.15, -0.1) is 0 Å². The number of nitrogens with one attached hydrogen (secondary N) is 1. The minimum absolute atomic E-state index is 0.0290. The van der Waals surface area contributed by atoms with Gasteiger partial charge in [0.25, 0.3) is 5.91 Å². The molecule has 1 unspecified atom stereocenters. The highest BCUT2D eigenvalue weighted by Crippen LogP contribution is 2.15. The van der Waals surface area contributed by atoms with Crippen molar-refractivity contribution in [3.8, 4) is 0 Å². The molecule has 1 aliphatic rings. The number of benzene rings is 1. The number of aromatic nitrogens is 2. The summed E-state index contributed by atoms with van der Waals surface area (Å²) in [5.74, 6) is -0.279. The number of halogens is 1. The van der Waals surface area contributed by atoms with Gasteiger partial charge >= 0.3 is 0 Å². The quantitative estimate of drug-likeness (QED) is 0.943. The Morgan fingerprint density at radius 3 is 2.91 bits per heavy atom. The standard InChI is InChI=1S/C16H18FN3O2/c1-11-15(9-18-19-11)16(21)20-6-7-22-14(10-20)8-12-2-4-13(17)5-3-12/h2-5,9,14H,6-8,10H2,1H3,(H,18,19). The highest BCUT2D eigenvalue weighted by atomic mass is 19.1. The van der Waals surface area contributed by atoms with Gasteiger partial charge in [-0.2, -0.15) is 5.10 Å². The second kappa shape index (κ2) is 6.27. The number of H-pyrrole nitrogens is 1. The summed E-state index contributed by atoms with van der Waals surface area (Å²) in [6.45, 7) is 3.44. The van der Waals surface area contributed by atoms with E-state index in [9.17, 15) is 9.18 Å².